The lowest BCUT2D eigenvalue weighted by atomic mass is 9.86. The van der Waals surface area contributed by atoms with Gasteiger partial charge in [0.25, 0.3) is 12.1 Å². The van der Waals surface area contributed by atoms with Gasteiger partial charge in [-0.1, -0.05) is 62.6 Å². The highest BCUT2D eigenvalue weighted by molar-refractivity contribution is 6.08. The number of carbonyl (C=O) groups excluding carboxylic acids is 2. The molecule has 3 rings (SSSR count). The molecule has 0 heterocycles. The maximum Gasteiger partial charge on any atom is 0.311 e. The number of carbonyl (C=O) groups is 2. The minimum absolute atomic E-state index is 0.0667. The first-order valence-electron chi connectivity index (χ1n) is 10.0. The van der Waals surface area contributed by atoms with Gasteiger partial charge < -0.3 is 5.32 Å². The fraction of sp³-hybridized carbons (Fsp3) is 0.160. The van der Waals surface area contributed by atoms with E-state index in [1.54, 1.807) is 24.3 Å². The van der Waals surface area contributed by atoms with E-state index in [2.05, 4.69) is 31.5 Å². The highest BCUT2D eigenvalue weighted by Gasteiger charge is 2.19. The van der Waals surface area contributed by atoms with Crippen molar-refractivity contribution in [3.05, 3.63) is 101 Å². The Hall–Kier alpha value is -4.00. The van der Waals surface area contributed by atoms with E-state index >= 15 is 0 Å². The maximum absolute atomic E-state index is 13.9. The van der Waals surface area contributed by atoms with Crippen LogP contribution >= 0.6 is 0 Å². The van der Waals surface area contributed by atoms with Gasteiger partial charge in [-0.05, 0) is 47.4 Å². The number of nitrogens with zero attached hydrogens (tertiary/aromatic N) is 1. The first-order valence-corrected chi connectivity index (χ1v) is 10.0. The summed E-state index contributed by atoms with van der Waals surface area (Å²) in [5.74, 6) is -2.00. The molecule has 0 atom stereocenters. The topological polar surface area (TPSA) is 81.4 Å². The molecule has 0 aromatic heterocycles. The Morgan fingerprint density at radius 1 is 0.906 bits per heavy atom. The molecule has 3 aromatic carbocycles. The highest BCUT2D eigenvalue weighted by atomic mass is 19.1. The lowest BCUT2D eigenvalue weighted by Crippen LogP contribution is -2.34. The summed E-state index contributed by atoms with van der Waals surface area (Å²) in [5.41, 5.74) is 4.19. The minimum Gasteiger partial charge on any atom is -0.321 e. The molecule has 6 nitrogen and oxygen atoms in total. The fourth-order valence-corrected chi connectivity index (χ4v) is 3.05. The van der Waals surface area contributed by atoms with Gasteiger partial charge in [0.1, 0.15) is 5.82 Å². The number of hydrazone groups is 1. The fourth-order valence-electron chi connectivity index (χ4n) is 3.05. The second-order valence-electron chi connectivity index (χ2n) is 8.27. The third-order valence-electron chi connectivity index (χ3n) is 4.78. The quantitative estimate of drug-likeness (QED) is 0.239. The molecule has 0 aliphatic carbocycles. The number of halogens is 1. The van der Waals surface area contributed by atoms with E-state index < -0.39 is 17.6 Å². The summed E-state index contributed by atoms with van der Waals surface area (Å²) in [7, 11) is 0. The molecule has 0 bridgehead atoms. The number of anilines is 1. The SMILES string of the molecule is CC(C)(C)c1cccc(C=[N+](O)NC(=O)c2ccccc2NC(=O)c2ccccc2F)c1. The Morgan fingerprint density at radius 2 is 1.56 bits per heavy atom. The number of nitrogens with one attached hydrogen (secondary N) is 2. The molecule has 0 spiro atoms. The van der Waals surface area contributed by atoms with Gasteiger partial charge >= 0.3 is 5.91 Å². The monoisotopic (exact) mass is 434 g/mol. The second-order valence-corrected chi connectivity index (χ2v) is 8.27. The van der Waals surface area contributed by atoms with E-state index in [1.165, 1.54) is 36.5 Å². The van der Waals surface area contributed by atoms with Crippen LogP contribution in [0.25, 0.3) is 0 Å². The van der Waals surface area contributed by atoms with Crippen molar-refractivity contribution in [1.82, 2.24) is 5.43 Å². The van der Waals surface area contributed by atoms with Gasteiger partial charge in [0.05, 0.1) is 21.7 Å². The van der Waals surface area contributed by atoms with E-state index in [-0.39, 0.29) is 22.2 Å². The lowest BCUT2D eigenvalue weighted by molar-refractivity contribution is -0.803. The van der Waals surface area contributed by atoms with Crippen LogP contribution in [0.3, 0.4) is 0 Å². The van der Waals surface area contributed by atoms with Crippen LogP contribution < -0.4 is 10.7 Å². The van der Waals surface area contributed by atoms with Crippen LogP contribution in [0, 0.1) is 5.82 Å². The van der Waals surface area contributed by atoms with Gasteiger partial charge in [-0.25, -0.2) is 4.39 Å². The van der Waals surface area contributed by atoms with Gasteiger partial charge in [0.15, 0.2) is 0 Å². The first-order chi connectivity index (χ1) is 15.1. The number of amides is 2. The molecular weight excluding hydrogens is 409 g/mol. The molecule has 0 aliphatic rings. The molecule has 0 saturated heterocycles. The molecule has 3 aromatic rings. The Labute approximate surface area is 186 Å². The van der Waals surface area contributed by atoms with Crippen LogP contribution in [0.1, 0.15) is 52.6 Å². The van der Waals surface area contributed by atoms with Gasteiger partial charge in [-0.15, -0.1) is 0 Å². The van der Waals surface area contributed by atoms with Crippen LogP contribution in [0.5, 0.6) is 0 Å². The third-order valence-corrected chi connectivity index (χ3v) is 4.78. The maximum atomic E-state index is 13.9. The number of rotatable bonds is 5. The smallest absolute Gasteiger partial charge is 0.311 e. The minimum atomic E-state index is -0.685. The molecule has 7 heteroatoms. The van der Waals surface area contributed by atoms with Crippen molar-refractivity contribution in [2.24, 2.45) is 0 Å². The molecule has 0 unspecified atom stereocenters. The number of para-hydroxylation sites is 1. The number of hydrogen-bond acceptors (Lipinski definition) is 3. The number of hydrogen-bond donors (Lipinski definition) is 3. The average Bonchev–Trinajstić information content (AvgIpc) is 2.73. The van der Waals surface area contributed by atoms with Crippen LogP contribution in [0.2, 0.25) is 0 Å². The largest absolute Gasteiger partial charge is 0.321 e. The molecule has 0 fully saturated rings. The molecular formula is C25H25FN3O3+. The third kappa shape index (κ3) is 5.57. The predicted molar refractivity (Wildman–Crippen MR) is 121 cm³/mol. The second kappa shape index (κ2) is 9.43. The number of hydrazine groups is 1. The lowest BCUT2D eigenvalue weighted by Gasteiger charge is -2.18. The van der Waals surface area contributed by atoms with Crippen LogP contribution in [-0.2, 0) is 5.41 Å². The van der Waals surface area contributed by atoms with Crippen molar-refractivity contribution in [3.63, 3.8) is 0 Å². The van der Waals surface area contributed by atoms with Gasteiger partial charge in [0, 0.05) is 5.56 Å². The summed E-state index contributed by atoms with van der Waals surface area (Å²) < 4.78 is 13.9. The Kier molecular flexibility index (Phi) is 6.68. The van der Waals surface area contributed by atoms with Crippen molar-refractivity contribution in [2.75, 3.05) is 5.32 Å². The molecule has 0 aliphatic heterocycles. The van der Waals surface area contributed by atoms with E-state index in [0.717, 1.165) is 5.56 Å². The zero-order valence-corrected chi connectivity index (χ0v) is 18.1. The zero-order chi connectivity index (χ0) is 23.3. The van der Waals surface area contributed by atoms with Crippen molar-refractivity contribution in [1.29, 1.82) is 0 Å². The molecule has 3 N–H and O–H groups in total. The normalized spacial score (nSPS) is 11.7. The summed E-state index contributed by atoms with van der Waals surface area (Å²) in [6.45, 7) is 6.24. The predicted octanol–water partition coefficient (Wildman–Crippen LogP) is 4.54. The molecule has 32 heavy (non-hydrogen) atoms. The Bertz CT molecular complexity index is 1180. The van der Waals surface area contributed by atoms with Gasteiger partial charge in [-0.3, -0.25) is 14.8 Å². The summed E-state index contributed by atoms with van der Waals surface area (Å²) in [6, 6.07) is 19.4. The zero-order valence-electron chi connectivity index (χ0n) is 18.1. The van der Waals surface area contributed by atoms with Crippen LogP contribution in [0.15, 0.2) is 72.8 Å². The Morgan fingerprint density at radius 3 is 2.25 bits per heavy atom. The van der Waals surface area contributed by atoms with E-state index in [0.29, 0.717) is 10.4 Å². The van der Waals surface area contributed by atoms with E-state index in [4.69, 9.17) is 0 Å². The van der Waals surface area contributed by atoms with E-state index in [1.807, 2.05) is 18.2 Å². The molecule has 0 radical (unpaired) electrons. The van der Waals surface area contributed by atoms with Crippen LogP contribution in [0.4, 0.5) is 10.1 Å². The van der Waals surface area contributed by atoms with Gasteiger partial charge in [0.2, 0.25) is 0 Å². The number of benzene rings is 3. The molecule has 2 amide bonds. The van der Waals surface area contributed by atoms with Gasteiger partial charge in [-0.2, -0.15) is 0 Å². The van der Waals surface area contributed by atoms with Crippen molar-refractivity contribution in [2.45, 2.75) is 26.2 Å². The van der Waals surface area contributed by atoms with Crippen molar-refractivity contribution >= 4 is 23.7 Å². The summed E-state index contributed by atoms with van der Waals surface area (Å²) in [4.78, 5) is 25.7. The van der Waals surface area contributed by atoms with E-state index in [9.17, 15) is 19.2 Å². The highest BCUT2D eigenvalue weighted by Crippen LogP contribution is 2.22. The molecule has 164 valence electrons. The van der Waals surface area contributed by atoms with Crippen LogP contribution in [-0.4, -0.2) is 28.1 Å². The van der Waals surface area contributed by atoms with Crippen molar-refractivity contribution < 1.29 is 24.0 Å². The standard InChI is InChI=1S/C25H24FN3O3/c1-25(2,3)18-10-8-9-17(15-18)16-29(32)28-24(31)20-12-5-7-14-22(20)27-23(30)19-11-4-6-13-21(19)26/h4-16H,1-3H3,(H2-,27,28,30,31,32)/p+1. The van der Waals surface area contributed by atoms with Crippen molar-refractivity contribution in [3.8, 4) is 0 Å². The molecule has 0 saturated carbocycles. The average molecular weight is 434 g/mol. The summed E-state index contributed by atoms with van der Waals surface area (Å²) >= 11 is 0. The Balaban J connectivity index is 1.78. The summed E-state index contributed by atoms with van der Waals surface area (Å²) in [5, 5.41) is 12.8. The first kappa shape index (κ1) is 22.7. The summed E-state index contributed by atoms with van der Waals surface area (Å²) in [6.07, 6.45) is 1.37.